The Balaban J connectivity index is 2.03. The Kier molecular flexibility index (Phi) is 3.50. The zero-order valence-corrected chi connectivity index (χ0v) is 10.4. The number of carbonyl (C=O) groups is 2. The van der Waals surface area contributed by atoms with Crippen LogP contribution in [0, 0.1) is 5.92 Å². The summed E-state index contributed by atoms with van der Waals surface area (Å²) in [4.78, 5) is 22.6. The zero-order chi connectivity index (χ0) is 13.1. The van der Waals surface area contributed by atoms with Crippen molar-refractivity contribution >= 4 is 17.5 Å². The van der Waals surface area contributed by atoms with E-state index < -0.39 is 0 Å². The van der Waals surface area contributed by atoms with Crippen LogP contribution in [0.25, 0.3) is 0 Å². The summed E-state index contributed by atoms with van der Waals surface area (Å²) < 4.78 is 5.31. The molecule has 18 heavy (non-hydrogen) atoms. The first-order chi connectivity index (χ1) is 8.56. The molecule has 0 bridgehead atoms. The van der Waals surface area contributed by atoms with Gasteiger partial charge in [-0.05, 0) is 17.7 Å². The van der Waals surface area contributed by atoms with E-state index in [4.69, 9.17) is 4.74 Å². The number of amides is 2. The molecule has 1 aromatic rings. The predicted octanol–water partition coefficient (Wildman–Crippen LogP) is 1.29. The molecule has 0 unspecified atom stereocenters. The van der Waals surface area contributed by atoms with E-state index in [9.17, 15) is 9.59 Å². The quantitative estimate of drug-likeness (QED) is 0.847. The van der Waals surface area contributed by atoms with Crippen molar-refractivity contribution in [1.82, 2.24) is 5.32 Å². The zero-order valence-electron chi connectivity index (χ0n) is 10.4. The molecule has 0 aromatic heterocycles. The fourth-order valence-corrected chi connectivity index (χ4v) is 1.62. The molecule has 1 aliphatic rings. The number of hydrogen-bond acceptors (Lipinski definition) is 3. The van der Waals surface area contributed by atoms with Crippen molar-refractivity contribution in [3.8, 4) is 5.75 Å². The van der Waals surface area contributed by atoms with Gasteiger partial charge < -0.3 is 15.4 Å². The highest BCUT2D eigenvalue weighted by atomic mass is 16.5. The number of ether oxygens (including phenoxy) is 1. The lowest BCUT2D eigenvalue weighted by Gasteiger charge is -2.18. The molecule has 5 nitrogen and oxygen atoms in total. The molecular weight excluding hydrogens is 232 g/mol. The molecule has 2 rings (SSSR count). The molecule has 2 amide bonds. The maximum atomic E-state index is 11.4. The minimum Gasteiger partial charge on any atom is -0.482 e. The molecule has 1 heterocycles. The van der Waals surface area contributed by atoms with Crippen LogP contribution in [0.5, 0.6) is 5.75 Å². The lowest BCUT2D eigenvalue weighted by Crippen LogP contribution is -2.28. The third-order valence-corrected chi connectivity index (χ3v) is 2.67. The van der Waals surface area contributed by atoms with E-state index in [-0.39, 0.29) is 24.3 Å². The van der Waals surface area contributed by atoms with Crippen molar-refractivity contribution in [2.75, 3.05) is 11.9 Å². The van der Waals surface area contributed by atoms with Crippen LogP contribution in [0.15, 0.2) is 18.2 Å². The highest BCUT2D eigenvalue weighted by molar-refractivity contribution is 5.95. The van der Waals surface area contributed by atoms with E-state index >= 15 is 0 Å². The van der Waals surface area contributed by atoms with Gasteiger partial charge in [-0.25, -0.2) is 0 Å². The SMILES string of the molecule is CC(C)C(=O)NCc1ccc2c(c1)OCC(=O)N2. The number of nitrogens with one attached hydrogen (secondary N) is 2. The normalized spacial score (nSPS) is 13.6. The first-order valence-electron chi connectivity index (χ1n) is 5.89. The van der Waals surface area contributed by atoms with Gasteiger partial charge in [-0.15, -0.1) is 0 Å². The van der Waals surface area contributed by atoms with E-state index in [1.807, 2.05) is 26.0 Å². The van der Waals surface area contributed by atoms with Crippen LogP contribution >= 0.6 is 0 Å². The van der Waals surface area contributed by atoms with Crippen LogP contribution in [0.4, 0.5) is 5.69 Å². The molecule has 1 aliphatic heterocycles. The summed E-state index contributed by atoms with van der Waals surface area (Å²) in [6.45, 7) is 4.19. The molecule has 0 atom stereocenters. The van der Waals surface area contributed by atoms with Crippen LogP contribution in [0.1, 0.15) is 19.4 Å². The van der Waals surface area contributed by atoms with Gasteiger partial charge in [-0.2, -0.15) is 0 Å². The maximum Gasteiger partial charge on any atom is 0.262 e. The third-order valence-electron chi connectivity index (χ3n) is 2.67. The summed E-state index contributed by atoms with van der Waals surface area (Å²) in [5.41, 5.74) is 1.61. The van der Waals surface area contributed by atoms with E-state index in [1.54, 1.807) is 6.07 Å². The molecule has 0 radical (unpaired) electrons. The Morgan fingerprint density at radius 2 is 2.28 bits per heavy atom. The average Bonchev–Trinajstić information content (AvgIpc) is 2.35. The van der Waals surface area contributed by atoms with Gasteiger partial charge in [0.1, 0.15) is 5.75 Å². The van der Waals surface area contributed by atoms with Crippen LogP contribution in [-0.2, 0) is 16.1 Å². The van der Waals surface area contributed by atoms with Crippen molar-refractivity contribution in [3.05, 3.63) is 23.8 Å². The summed E-state index contributed by atoms with van der Waals surface area (Å²) in [7, 11) is 0. The number of carbonyl (C=O) groups excluding carboxylic acids is 2. The molecule has 1 aromatic carbocycles. The Morgan fingerprint density at radius 3 is 3.00 bits per heavy atom. The largest absolute Gasteiger partial charge is 0.482 e. The molecule has 0 aliphatic carbocycles. The first-order valence-corrected chi connectivity index (χ1v) is 5.89. The standard InChI is InChI=1S/C13H16N2O3/c1-8(2)13(17)14-6-9-3-4-10-11(5-9)18-7-12(16)15-10/h3-5,8H,6-7H2,1-2H3,(H,14,17)(H,15,16). The first kappa shape index (κ1) is 12.4. The van der Waals surface area contributed by atoms with Gasteiger partial charge in [0.05, 0.1) is 5.69 Å². The van der Waals surface area contributed by atoms with Crippen molar-refractivity contribution in [1.29, 1.82) is 0 Å². The van der Waals surface area contributed by atoms with Crippen molar-refractivity contribution in [2.24, 2.45) is 5.92 Å². The highest BCUT2D eigenvalue weighted by Gasteiger charge is 2.16. The van der Waals surface area contributed by atoms with Gasteiger partial charge in [-0.1, -0.05) is 19.9 Å². The molecule has 96 valence electrons. The fourth-order valence-electron chi connectivity index (χ4n) is 1.62. The Hall–Kier alpha value is -2.04. The highest BCUT2D eigenvalue weighted by Crippen LogP contribution is 2.28. The smallest absolute Gasteiger partial charge is 0.262 e. The lowest BCUT2D eigenvalue weighted by atomic mass is 10.1. The second-order valence-electron chi connectivity index (χ2n) is 4.54. The van der Waals surface area contributed by atoms with Gasteiger partial charge in [0.15, 0.2) is 6.61 Å². The summed E-state index contributed by atoms with van der Waals surface area (Å²) in [6.07, 6.45) is 0. The van der Waals surface area contributed by atoms with Gasteiger partial charge >= 0.3 is 0 Å². The van der Waals surface area contributed by atoms with E-state index in [0.29, 0.717) is 18.0 Å². The molecule has 0 fully saturated rings. The molecular formula is C13H16N2O3. The van der Waals surface area contributed by atoms with Gasteiger partial charge in [0.25, 0.3) is 5.91 Å². The Bertz CT molecular complexity index is 483. The minimum absolute atomic E-state index is 0.0157. The number of hydrogen-bond donors (Lipinski definition) is 2. The van der Waals surface area contributed by atoms with E-state index in [1.165, 1.54) is 0 Å². The van der Waals surface area contributed by atoms with E-state index in [2.05, 4.69) is 10.6 Å². The second kappa shape index (κ2) is 5.08. The number of anilines is 1. The Labute approximate surface area is 106 Å². The van der Waals surface area contributed by atoms with Gasteiger partial charge in [-0.3, -0.25) is 9.59 Å². The monoisotopic (exact) mass is 248 g/mol. The minimum atomic E-state index is -0.150. The molecule has 0 spiro atoms. The van der Waals surface area contributed by atoms with Gasteiger partial charge in [0, 0.05) is 12.5 Å². The summed E-state index contributed by atoms with van der Waals surface area (Å²) in [5, 5.41) is 5.55. The second-order valence-corrected chi connectivity index (χ2v) is 4.54. The lowest BCUT2D eigenvalue weighted by molar-refractivity contribution is -0.124. The van der Waals surface area contributed by atoms with E-state index in [0.717, 1.165) is 5.56 Å². The Morgan fingerprint density at radius 1 is 1.50 bits per heavy atom. The third kappa shape index (κ3) is 2.80. The van der Waals surface area contributed by atoms with Crippen LogP contribution in [-0.4, -0.2) is 18.4 Å². The van der Waals surface area contributed by atoms with Crippen molar-refractivity contribution < 1.29 is 14.3 Å². The van der Waals surface area contributed by atoms with Crippen molar-refractivity contribution in [3.63, 3.8) is 0 Å². The van der Waals surface area contributed by atoms with Crippen molar-refractivity contribution in [2.45, 2.75) is 20.4 Å². The number of rotatable bonds is 3. The predicted molar refractivity (Wildman–Crippen MR) is 67.3 cm³/mol. The number of benzene rings is 1. The molecule has 2 N–H and O–H groups in total. The van der Waals surface area contributed by atoms with Gasteiger partial charge in [0.2, 0.25) is 5.91 Å². The fraction of sp³-hybridized carbons (Fsp3) is 0.385. The molecule has 0 saturated carbocycles. The topological polar surface area (TPSA) is 67.4 Å². The maximum absolute atomic E-state index is 11.4. The van der Waals surface area contributed by atoms with Crippen LogP contribution < -0.4 is 15.4 Å². The summed E-state index contributed by atoms with van der Waals surface area (Å²) in [6, 6.07) is 5.47. The summed E-state index contributed by atoms with van der Waals surface area (Å²) in [5.74, 6) is 0.481. The number of fused-ring (bicyclic) bond motifs is 1. The van der Waals surface area contributed by atoms with Crippen LogP contribution in [0.3, 0.4) is 0 Å². The average molecular weight is 248 g/mol. The molecule has 0 saturated heterocycles. The molecule has 5 heteroatoms. The van der Waals surface area contributed by atoms with Crippen LogP contribution in [0.2, 0.25) is 0 Å². The summed E-state index contributed by atoms with van der Waals surface area (Å²) >= 11 is 0.